The zero-order valence-electron chi connectivity index (χ0n) is 21.1. The maximum absolute atomic E-state index is 13.0. The summed E-state index contributed by atoms with van der Waals surface area (Å²) in [6.45, 7) is 0.355. The SMILES string of the molecule is CSc1ccc(C=CC(=O)N2CCC(C(=O)N[C@@H](CNC(=O)Cc3ccc(F)cc3)C(=O)O)CC2)c(Cl)c1Cl. The number of carbonyl (C=O) groups excluding carboxylic acids is 3. The fourth-order valence-corrected chi connectivity index (χ4v) is 5.19. The molecule has 0 saturated carbocycles. The minimum Gasteiger partial charge on any atom is -0.480 e. The molecule has 3 N–H and O–H groups in total. The van der Waals surface area contributed by atoms with E-state index in [-0.39, 0.29) is 18.9 Å². The second-order valence-corrected chi connectivity index (χ2v) is 10.5. The van der Waals surface area contributed by atoms with Crippen molar-refractivity contribution in [3.63, 3.8) is 0 Å². The number of carbonyl (C=O) groups is 4. The number of hydrogen-bond donors (Lipinski definition) is 3. The van der Waals surface area contributed by atoms with Gasteiger partial charge in [-0.3, -0.25) is 14.4 Å². The van der Waals surface area contributed by atoms with Gasteiger partial charge in [-0.25, -0.2) is 9.18 Å². The van der Waals surface area contributed by atoms with Crippen LogP contribution < -0.4 is 10.6 Å². The lowest BCUT2D eigenvalue weighted by Gasteiger charge is -2.31. The summed E-state index contributed by atoms with van der Waals surface area (Å²) in [5.74, 6) is -3.32. The average molecular weight is 597 g/mol. The first-order valence-corrected chi connectivity index (χ1v) is 14.1. The Morgan fingerprint density at radius 2 is 1.77 bits per heavy atom. The molecule has 3 amide bonds. The third kappa shape index (κ3) is 8.71. The van der Waals surface area contributed by atoms with Crippen molar-refractivity contribution >= 4 is 64.7 Å². The zero-order chi connectivity index (χ0) is 28.5. The lowest BCUT2D eigenvalue weighted by atomic mass is 9.95. The molecule has 1 atom stereocenters. The van der Waals surface area contributed by atoms with Crippen LogP contribution >= 0.6 is 35.0 Å². The monoisotopic (exact) mass is 595 g/mol. The van der Waals surface area contributed by atoms with Gasteiger partial charge in [0.1, 0.15) is 11.9 Å². The van der Waals surface area contributed by atoms with Gasteiger partial charge < -0.3 is 20.6 Å². The van der Waals surface area contributed by atoms with Crippen molar-refractivity contribution in [2.75, 3.05) is 25.9 Å². The second kappa shape index (κ2) is 14.3. The van der Waals surface area contributed by atoms with Gasteiger partial charge in [-0.1, -0.05) is 41.4 Å². The summed E-state index contributed by atoms with van der Waals surface area (Å²) in [6.07, 6.45) is 5.57. The Hall–Kier alpha value is -3.08. The van der Waals surface area contributed by atoms with Crippen molar-refractivity contribution < 1.29 is 28.7 Å². The van der Waals surface area contributed by atoms with Crippen LogP contribution in [0.15, 0.2) is 47.4 Å². The van der Waals surface area contributed by atoms with Gasteiger partial charge in [0.2, 0.25) is 17.7 Å². The van der Waals surface area contributed by atoms with Crippen LogP contribution in [0.25, 0.3) is 6.08 Å². The van der Waals surface area contributed by atoms with Crippen molar-refractivity contribution in [3.8, 4) is 0 Å². The molecule has 1 aliphatic heterocycles. The molecular formula is C27H28Cl2FN3O5S. The van der Waals surface area contributed by atoms with E-state index in [1.165, 1.54) is 42.1 Å². The third-order valence-electron chi connectivity index (χ3n) is 6.28. The molecule has 12 heteroatoms. The van der Waals surface area contributed by atoms with Crippen LogP contribution in [-0.2, 0) is 25.6 Å². The summed E-state index contributed by atoms with van der Waals surface area (Å²) in [5, 5.41) is 15.3. The number of likely N-dealkylation sites (tertiary alicyclic amines) is 1. The largest absolute Gasteiger partial charge is 0.480 e. The lowest BCUT2D eigenvalue weighted by Crippen LogP contribution is -2.51. The second-order valence-electron chi connectivity index (χ2n) is 8.92. The highest BCUT2D eigenvalue weighted by molar-refractivity contribution is 7.98. The first-order chi connectivity index (χ1) is 18.6. The number of carboxylic acid groups (broad SMARTS) is 1. The third-order valence-corrected chi connectivity index (χ3v) is 8.06. The Balaban J connectivity index is 1.47. The molecule has 1 saturated heterocycles. The molecule has 1 aliphatic rings. The van der Waals surface area contributed by atoms with Crippen molar-refractivity contribution in [1.82, 2.24) is 15.5 Å². The van der Waals surface area contributed by atoms with Gasteiger partial charge in [-0.2, -0.15) is 0 Å². The highest BCUT2D eigenvalue weighted by atomic mass is 35.5. The number of halogens is 3. The summed E-state index contributed by atoms with van der Waals surface area (Å²) in [7, 11) is 0. The zero-order valence-corrected chi connectivity index (χ0v) is 23.4. The fraction of sp³-hybridized carbons (Fsp3) is 0.333. The number of amides is 3. The van der Waals surface area contributed by atoms with Gasteiger partial charge in [0.25, 0.3) is 0 Å². The van der Waals surface area contributed by atoms with E-state index in [0.717, 1.165) is 4.90 Å². The quantitative estimate of drug-likeness (QED) is 0.282. The minimum atomic E-state index is -1.31. The standard InChI is InChI=1S/C27H28Cl2FN3O5S/c1-39-21-8-4-17(24(28)25(21)29)5-9-23(35)33-12-10-18(11-13-33)26(36)32-20(27(37)38)15-31-22(34)14-16-2-6-19(30)7-3-16/h2-9,18,20H,10-15H2,1H3,(H,31,34)(H,32,36)(H,37,38)/t20-/m0/s1. The molecule has 0 aliphatic carbocycles. The van der Waals surface area contributed by atoms with E-state index in [2.05, 4.69) is 10.6 Å². The molecule has 8 nitrogen and oxygen atoms in total. The summed E-state index contributed by atoms with van der Waals surface area (Å²) >= 11 is 14.0. The molecular weight excluding hydrogens is 568 g/mol. The van der Waals surface area contributed by atoms with Crippen molar-refractivity contribution in [1.29, 1.82) is 0 Å². The first kappa shape index (κ1) is 30.5. The molecule has 39 heavy (non-hydrogen) atoms. The Labute approximate surface area is 239 Å². The average Bonchev–Trinajstić information content (AvgIpc) is 2.92. The highest BCUT2D eigenvalue weighted by Gasteiger charge is 2.30. The topological polar surface area (TPSA) is 116 Å². The van der Waals surface area contributed by atoms with Crippen LogP contribution in [0.5, 0.6) is 0 Å². The number of hydrogen-bond acceptors (Lipinski definition) is 5. The van der Waals surface area contributed by atoms with Crippen LogP contribution in [0.3, 0.4) is 0 Å². The van der Waals surface area contributed by atoms with Crippen LogP contribution in [-0.4, -0.2) is 65.6 Å². The van der Waals surface area contributed by atoms with Crippen LogP contribution in [0.1, 0.15) is 24.0 Å². The Bertz CT molecular complexity index is 1250. The summed E-state index contributed by atoms with van der Waals surface area (Å²) in [5.41, 5.74) is 1.19. The fourth-order valence-electron chi connectivity index (χ4n) is 4.02. The lowest BCUT2D eigenvalue weighted by molar-refractivity contribution is -0.142. The van der Waals surface area contributed by atoms with E-state index in [4.69, 9.17) is 23.2 Å². The van der Waals surface area contributed by atoms with Crippen LogP contribution in [0, 0.1) is 11.7 Å². The molecule has 0 aromatic heterocycles. The van der Waals surface area contributed by atoms with E-state index < -0.39 is 35.6 Å². The Kier molecular flexibility index (Phi) is 11.2. The van der Waals surface area contributed by atoms with E-state index in [1.807, 2.05) is 12.3 Å². The summed E-state index contributed by atoms with van der Waals surface area (Å²) in [4.78, 5) is 51.6. The number of benzene rings is 2. The number of carboxylic acids is 1. The predicted octanol–water partition coefficient (Wildman–Crippen LogP) is 4.03. The highest BCUT2D eigenvalue weighted by Crippen LogP contribution is 2.35. The summed E-state index contributed by atoms with van der Waals surface area (Å²) in [6, 6.07) is 7.69. The van der Waals surface area contributed by atoms with Gasteiger partial charge in [0.05, 0.1) is 16.5 Å². The molecule has 1 heterocycles. The molecule has 0 spiro atoms. The van der Waals surface area contributed by atoms with E-state index in [9.17, 15) is 28.7 Å². The van der Waals surface area contributed by atoms with Crippen molar-refractivity contribution in [2.45, 2.75) is 30.2 Å². The Morgan fingerprint density at radius 3 is 2.38 bits per heavy atom. The molecule has 0 radical (unpaired) electrons. The van der Waals surface area contributed by atoms with Crippen LogP contribution in [0.2, 0.25) is 10.0 Å². The number of rotatable bonds is 10. The molecule has 0 unspecified atom stereocenters. The van der Waals surface area contributed by atoms with E-state index in [0.29, 0.717) is 47.1 Å². The van der Waals surface area contributed by atoms with Crippen LogP contribution in [0.4, 0.5) is 4.39 Å². The van der Waals surface area contributed by atoms with Crippen molar-refractivity contribution in [2.24, 2.45) is 5.92 Å². The van der Waals surface area contributed by atoms with Gasteiger partial charge in [-0.15, -0.1) is 11.8 Å². The maximum atomic E-state index is 13.0. The van der Waals surface area contributed by atoms with Gasteiger partial charge in [0, 0.05) is 36.5 Å². The Morgan fingerprint density at radius 1 is 1.10 bits per heavy atom. The van der Waals surface area contributed by atoms with Gasteiger partial charge in [0.15, 0.2) is 0 Å². The maximum Gasteiger partial charge on any atom is 0.328 e. The number of nitrogens with one attached hydrogen (secondary N) is 2. The first-order valence-electron chi connectivity index (χ1n) is 12.1. The van der Waals surface area contributed by atoms with E-state index >= 15 is 0 Å². The molecule has 2 aromatic rings. The number of aliphatic carboxylic acids is 1. The number of thioether (sulfide) groups is 1. The van der Waals surface area contributed by atoms with Crippen molar-refractivity contribution in [3.05, 3.63) is 69.5 Å². The van der Waals surface area contributed by atoms with E-state index in [1.54, 1.807) is 17.0 Å². The predicted molar refractivity (Wildman–Crippen MR) is 149 cm³/mol. The number of nitrogens with zero attached hydrogens (tertiary/aromatic N) is 1. The van der Waals surface area contributed by atoms with Gasteiger partial charge in [-0.05, 0) is 54.5 Å². The number of piperidine rings is 1. The molecule has 2 aromatic carbocycles. The molecule has 1 fully saturated rings. The minimum absolute atomic E-state index is 0.0517. The van der Waals surface area contributed by atoms with Gasteiger partial charge >= 0.3 is 5.97 Å². The molecule has 0 bridgehead atoms. The molecule has 3 rings (SSSR count). The smallest absolute Gasteiger partial charge is 0.328 e. The normalized spacial score (nSPS) is 14.7. The molecule has 208 valence electrons. The summed E-state index contributed by atoms with van der Waals surface area (Å²) < 4.78 is 13.0.